The minimum Gasteiger partial charge on any atom is -0.657 e. The monoisotopic (exact) mass is 1050 g/mol. The van der Waals surface area contributed by atoms with Crippen LogP contribution >= 0.6 is 0 Å². The number of hydrogen-bond acceptors (Lipinski definition) is 6. The van der Waals surface area contributed by atoms with Crippen molar-refractivity contribution >= 4 is 69.6 Å². The number of nitrogens with zero attached hydrogens (tertiary/aromatic N) is 6. The Morgan fingerprint density at radius 2 is 0.727 bits per heavy atom. The van der Waals surface area contributed by atoms with Gasteiger partial charge < -0.3 is 20.6 Å². The Hall–Kier alpha value is -8.71. The van der Waals surface area contributed by atoms with Crippen LogP contribution in [0.4, 0.5) is 11.4 Å². The maximum Gasteiger partial charge on any atom is 2.00 e. The van der Waals surface area contributed by atoms with E-state index in [4.69, 9.17) is 19.9 Å². The van der Waals surface area contributed by atoms with Gasteiger partial charge in [-0.15, -0.1) is 22.1 Å². The number of amides is 2. The van der Waals surface area contributed by atoms with E-state index in [2.05, 4.69) is 119 Å². The summed E-state index contributed by atoms with van der Waals surface area (Å²) in [5.74, 6) is -0.276. The molecule has 2 saturated heterocycles. The second kappa shape index (κ2) is 20.8. The van der Waals surface area contributed by atoms with Crippen molar-refractivity contribution in [2.75, 3.05) is 23.7 Å². The van der Waals surface area contributed by atoms with Crippen molar-refractivity contribution in [2.24, 2.45) is 0 Å². The quantitative estimate of drug-likeness (QED) is 0.116. The first-order valence-corrected chi connectivity index (χ1v) is 25.9. The van der Waals surface area contributed by atoms with Gasteiger partial charge in [0.2, 0.25) is 11.8 Å². The summed E-state index contributed by atoms with van der Waals surface area (Å²) < 4.78 is 0. The zero-order valence-electron chi connectivity index (χ0n) is 42.3. The van der Waals surface area contributed by atoms with Crippen molar-refractivity contribution in [3.63, 3.8) is 0 Å². The van der Waals surface area contributed by atoms with Crippen LogP contribution < -0.4 is 20.6 Å². The summed E-state index contributed by atoms with van der Waals surface area (Å²) in [5.41, 5.74) is 15.8. The number of carbonyl (C=O) groups is 2. The number of aromatic nitrogens is 4. The molecule has 8 bridgehead atoms. The maximum absolute atomic E-state index is 14.7. The van der Waals surface area contributed by atoms with Crippen molar-refractivity contribution in [1.82, 2.24) is 29.7 Å². The van der Waals surface area contributed by atoms with Crippen molar-refractivity contribution < 1.29 is 26.4 Å². The van der Waals surface area contributed by atoms with E-state index in [-0.39, 0.29) is 52.8 Å². The molecule has 9 aromatic rings. The topological polar surface area (TPSA) is 118 Å². The molecule has 13 rings (SSSR count). The van der Waals surface area contributed by atoms with E-state index in [0.29, 0.717) is 58.0 Å². The van der Waals surface area contributed by atoms with E-state index in [1.807, 2.05) is 133 Å². The Balaban J connectivity index is 0.00000596. The number of benzene rings is 6. The molecule has 377 valence electrons. The number of anilines is 2. The molecule has 0 saturated carbocycles. The van der Waals surface area contributed by atoms with Gasteiger partial charge in [0.1, 0.15) is 12.1 Å². The molecule has 4 aliphatic heterocycles. The molecular formula is C66H52CoN8O2. The van der Waals surface area contributed by atoms with Gasteiger partial charge in [0.05, 0.1) is 34.2 Å². The summed E-state index contributed by atoms with van der Waals surface area (Å²) in [6.07, 6.45) is 8.17. The predicted octanol–water partition coefficient (Wildman–Crippen LogP) is 13.3. The third kappa shape index (κ3) is 9.55. The van der Waals surface area contributed by atoms with Gasteiger partial charge in [-0.25, -0.2) is 9.97 Å². The number of rotatable bonds is 12. The predicted molar refractivity (Wildman–Crippen MR) is 307 cm³/mol. The fourth-order valence-electron chi connectivity index (χ4n) is 11.0. The third-order valence-electron chi connectivity index (χ3n) is 15.1. The van der Waals surface area contributed by atoms with Crippen LogP contribution in [0.25, 0.3) is 90.9 Å². The Kier molecular flexibility index (Phi) is 13.3. The Bertz CT molecular complexity index is 3800. The average molecular weight is 1050 g/mol. The van der Waals surface area contributed by atoms with Crippen LogP contribution in [-0.2, 0) is 26.4 Å². The van der Waals surface area contributed by atoms with E-state index in [9.17, 15) is 9.59 Å². The van der Waals surface area contributed by atoms with Crippen LogP contribution in [0.3, 0.4) is 0 Å². The first-order valence-electron chi connectivity index (χ1n) is 25.9. The number of hydrogen-bond donors (Lipinski definition) is 2. The van der Waals surface area contributed by atoms with Gasteiger partial charge in [-0.1, -0.05) is 182 Å². The Labute approximate surface area is 457 Å². The number of carbonyl (C=O) groups excluding carboxylic acids is 2. The fraction of sp³-hybridized carbons (Fsp3) is 0.121. The average Bonchev–Trinajstić information content (AvgIpc) is 4.11. The van der Waals surface area contributed by atoms with E-state index in [1.54, 1.807) is 0 Å². The molecule has 77 heavy (non-hydrogen) atoms. The molecule has 2 fully saturated rings. The van der Waals surface area contributed by atoms with E-state index in [1.165, 1.54) is 0 Å². The first-order chi connectivity index (χ1) is 37.3. The minimum absolute atomic E-state index is 0. The van der Waals surface area contributed by atoms with Gasteiger partial charge in [0.25, 0.3) is 0 Å². The fourth-order valence-corrected chi connectivity index (χ4v) is 11.0. The SMILES string of the molecule is C[C@H](c1ccccc1)N1C[C@@H]1C(=O)Nc1cccc(NC(=O)[C@@H]2CN2[C@@H](C)c2ccccc2)c1-c1c2nc(c(-c3ccccc3)c3ccc([n-]3)c(-c3ccccc3)c3nc(c(-c4ccccc4)c4ccc1[n-]4)C=C3)C=C2.[Co+2]. The summed E-state index contributed by atoms with van der Waals surface area (Å²) in [7, 11) is 0. The van der Waals surface area contributed by atoms with Gasteiger partial charge in [-0.3, -0.25) is 19.4 Å². The zero-order chi connectivity index (χ0) is 51.3. The van der Waals surface area contributed by atoms with Crippen LogP contribution in [0.2, 0.25) is 0 Å². The van der Waals surface area contributed by atoms with Crippen LogP contribution in [0.1, 0.15) is 59.8 Å². The van der Waals surface area contributed by atoms with Gasteiger partial charge >= 0.3 is 16.8 Å². The summed E-state index contributed by atoms with van der Waals surface area (Å²) in [6.45, 7) is 5.49. The van der Waals surface area contributed by atoms with Gasteiger partial charge in [-0.05, 0) is 100 Å². The Morgan fingerprint density at radius 3 is 1.08 bits per heavy atom. The molecule has 6 aromatic carbocycles. The molecule has 1 radical (unpaired) electrons. The standard InChI is InChI=1S/C66H54N8O2.Co/c1-41(43-19-8-3-9-20-43)73-39-58(73)65(75)71-48-29-18-30-49(72-66(76)59-40-74(59)42(2)44-21-10-4-11-22-44)63(48)64-56-37-35-54(69-56)61(46-25-14-6-15-26-46)52-33-31-50(67-52)60(45-23-12-5-13-24-45)51-32-34-53(68-51)62(47-27-16-7-17-28-47)55-36-38-57(64)70-55;/h3-38,41-42,58-59H,39-40H2,1-2H3,(H4,67,68,69,70,71,72,75,76);/q;+2/p-2/t41-,42+,58-,59+,73?,74?;. The van der Waals surface area contributed by atoms with Crippen LogP contribution in [-0.4, -0.2) is 56.8 Å². The summed E-state index contributed by atoms with van der Waals surface area (Å²) in [6, 6.07) is 64.5. The van der Waals surface area contributed by atoms with Crippen molar-refractivity contribution in [3.05, 3.63) is 228 Å². The summed E-state index contributed by atoms with van der Waals surface area (Å²) in [4.78, 5) is 55.6. The van der Waals surface area contributed by atoms with Gasteiger partial charge in [0, 0.05) is 30.7 Å². The molecule has 10 nitrogen and oxygen atoms in total. The molecule has 11 heteroatoms. The number of nitrogens with one attached hydrogen (secondary N) is 2. The van der Waals surface area contributed by atoms with Crippen molar-refractivity contribution in [3.8, 4) is 44.5 Å². The van der Waals surface area contributed by atoms with Crippen LogP contribution in [0, 0.1) is 0 Å². The zero-order valence-corrected chi connectivity index (χ0v) is 43.4. The second-order valence-electron chi connectivity index (χ2n) is 19.8. The van der Waals surface area contributed by atoms with Crippen LogP contribution in [0.15, 0.2) is 194 Å². The normalized spacial score (nSPS) is 17.7. The van der Waals surface area contributed by atoms with Crippen molar-refractivity contribution in [2.45, 2.75) is 38.0 Å². The third-order valence-corrected chi connectivity index (χ3v) is 15.1. The largest absolute Gasteiger partial charge is 2.00 e. The maximum atomic E-state index is 14.7. The minimum atomic E-state index is -0.357. The molecule has 2 unspecified atom stereocenters. The summed E-state index contributed by atoms with van der Waals surface area (Å²) >= 11 is 0. The molecule has 0 aliphatic carbocycles. The first kappa shape index (κ1) is 49.2. The Morgan fingerprint density at radius 1 is 0.416 bits per heavy atom. The molecule has 6 atom stereocenters. The van der Waals surface area contributed by atoms with Crippen molar-refractivity contribution in [1.29, 1.82) is 0 Å². The smallest absolute Gasteiger partial charge is 0.657 e. The molecule has 3 aromatic heterocycles. The van der Waals surface area contributed by atoms with Gasteiger partial charge in [0.15, 0.2) is 0 Å². The molecule has 7 heterocycles. The molecule has 0 spiro atoms. The molecular weight excluding hydrogens is 996 g/mol. The molecule has 2 N–H and O–H groups in total. The second-order valence-corrected chi connectivity index (χ2v) is 19.8. The van der Waals surface area contributed by atoms with E-state index in [0.717, 1.165) is 66.9 Å². The van der Waals surface area contributed by atoms with Crippen LogP contribution in [0.5, 0.6) is 0 Å². The summed E-state index contributed by atoms with van der Waals surface area (Å²) in [5, 5.41) is 6.74. The molecule has 4 aliphatic rings. The van der Waals surface area contributed by atoms with E-state index < -0.39 is 0 Å². The van der Waals surface area contributed by atoms with E-state index >= 15 is 0 Å². The molecule has 2 amide bonds. The van der Waals surface area contributed by atoms with Gasteiger partial charge in [-0.2, -0.15) is 0 Å². The number of fused-ring (bicyclic) bond motifs is 8.